The van der Waals surface area contributed by atoms with Crippen molar-refractivity contribution in [1.82, 2.24) is 0 Å². The van der Waals surface area contributed by atoms with Crippen LogP contribution in [0, 0.1) is 17.0 Å². The van der Waals surface area contributed by atoms with Crippen LogP contribution in [0.3, 0.4) is 0 Å². The van der Waals surface area contributed by atoms with Gasteiger partial charge in [-0.05, 0) is 12.5 Å². The van der Waals surface area contributed by atoms with Gasteiger partial charge in [-0.15, -0.1) is 0 Å². The van der Waals surface area contributed by atoms with E-state index in [9.17, 15) is 23.3 Å². The number of nitro benzene ring substituents is 1. The quantitative estimate of drug-likeness (QED) is 0.646. The smallest absolute Gasteiger partial charge is 0.382 e. The number of benzene rings is 1. The van der Waals surface area contributed by atoms with Crippen LogP contribution in [0.2, 0.25) is 0 Å². The molecule has 0 aliphatic carbocycles. The Labute approximate surface area is 100 Å². The molecule has 100 valence electrons. The van der Waals surface area contributed by atoms with Crippen LogP contribution in [0.4, 0.5) is 24.5 Å². The zero-order valence-corrected chi connectivity index (χ0v) is 9.36. The van der Waals surface area contributed by atoms with Gasteiger partial charge in [0.1, 0.15) is 0 Å². The number of nitrogens with zero attached hydrogens (tertiary/aromatic N) is 1. The van der Waals surface area contributed by atoms with E-state index >= 15 is 0 Å². The first-order chi connectivity index (χ1) is 8.21. The second-order valence-corrected chi connectivity index (χ2v) is 3.69. The molecule has 0 spiro atoms. The van der Waals surface area contributed by atoms with Crippen LogP contribution in [0.5, 0.6) is 0 Å². The van der Waals surface area contributed by atoms with E-state index < -0.39 is 23.7 Å². The van der Waals surface area contributed by atoms with E-state index in [1.165, 1.54) is 12.1 Å². The first-order valence-electron chi connectivity index (χ1n) is 4.95. The minimum atomic E-state index is -4.72. The van der Waals surface area contributed by atoms with Crippen molar-refractivity contribution < 1.29 is 23.2 Å². The molecule has 18 heavy (non-hydrogen) atoms. The van der Waals surface area contributed by atoms with E-state index in [1.807, 2.05) is 0 Å². The van der Waals surface area contributed by atoms with Gasteiger partial charge in [0.25, 0.3) is 5.69 Å². The van der Waals surface area contributed by atoms with Crippen LogP contribution < -0.4 is 5.32 Å². The van der Waals surface area contributed by atoms with Crippen LogP contribution in [-0.2, 0) is 0 Å². The third kappa shape index (κ3) is 3.59. The number of nitrogens with one attached hydrogen (secondary N) is 1. The SMILES string of the molecule is Cc1ccc([N+](=O)[O-])cc1NCC(O)C(F)(F)F. The van der Waals surface area contributed by atoms with Crippen LogP contribution in [0.25, 0.3) is 0 Å². The fourth-order valence-corrected chi connectivity index (χ4v) is 1.24. The summed E-state index contributed by atoms with van der Waals surface area (Å²) < 4.78 is 36.2. The lowest BCUT2D eigenvalue weighted by Crippen LogP contribution is -2.35. The van der Waals surface area contributed by atoms with Gasteiger partial charge in [0.15, 0.2) is 6.10 Å². The number of hydrogen-bond donors (Lipinski definition) is 2. The summed E-state index contributed by atoms with van der Waals surface area (Å²) in [5.41, 5.74) is 0.507. The molecule has 0 heterocycles. The summed E-state index contributed by atoms with van der Waals surface area (Å²) in [7, 11) is 0. The van der Waals surface area contributed by atoms with E-state index in [-0.39, 0.29) is 11.4 Å². The maximum atomic E-state index is 12.1. The Morgan fingerprint density at radius 1 is 1.50 bits per heavy atom. The molecular weight excluding hydrogens is 253 g/mol. The van der Waals surface area contributed by atoms with E-state index in [2.05, 4.69) is 5.32 Å². The molecule has 0 aliphatic heterocycles. The maximum absolute atomic E-state index is 12.1. The van der Waals surface area contributed by atoms with E-state index in [0.717, 1.165) is 6.07 Å². The third-order valence-corrected chi connectivity index (χ3v) is 2.30. The monoisotopic (exact) mass is 264 g/mol. The first kappa shape index (κ1) is 14.2. The number of non-ortho nitro benzene ring substituents is 1. The largest absolute Gasteiger partial charge is 0.416 e. The molecule has 8 heteroatoms. The number of nitro groups is 1. The minimum Gasteiger partial charge on any atom is -0.382 e. The fraction of sp³-hybridized carbons (Fsp3) is 0.400. The number of aryl methyl sites for hydroxylation is 1. The van der Waals surface area contributed by atoms with Crippen molar-refractivity contribution in [3.63, 3.8) is 0 Å². The van der Waals surface area contributed by atoms with E-state index in [1.54, 1.807) is 6.92 Å². The van der Waals surface area contributed by atoms with Crippen molar-refractivity contribution >= 4 is 11.4 Å². The Bertz CT molecular complexity index is 448. The van der Waals surface area contributed by atoms with Crippen molar-refractivity contribution in [3.05, 3.63) is 33.9 Å². The van der Waals surface area contributed by atoms with Crippen molar-refractivity contribution in [1.29, 1.82) is 0 Å². The summed E-state index contributed by atoms with van der Waals surface area (Å²) in [4.78, 5) is 9.86. The number of alkyl halides is 3. The van der Waals surface area contributed by atoms with Crippen LogP contribution in [0.15, 0.2) is 18.2 Å². The molecule has 2 N–H and O–H groups in total. The van der Waals surface area contributed by atoms with Gasteiger partial charge in [-0.25, -0.2) is 0 Å². The lowest BCUT2D eigenvalue weighted by atomic mass is 10.1. The number of rotatable bonds is 4. The lowest BCUT2D eigenvalue weighted by Gasteiger charge is -2.16. The van der Waals surface area contributed by atoms with Gasteiger partial charge < -0.3 is 10.4 Å². The van der Waals surface area contributed by atoms with Crippen molar-refractivity contribution in [3.8, 4) is 0 Å². The molecule has 0 saturated carbocycles. The molecule has 1 rings (SSSR count). The molecule has 5 nitrogen and oxygen atoms in total. The zero-order chi connectivity index (χ0) is 13.9. The molecule has 1 atom stereocenters. The Hall–Kier alpha value is -1.83. The highest BCUT2D eigenvalue weighted by atomic mass is 19.4. The number of aliphatic hydroxyl groups excluding tert-OH is 1. The van der Waals surface area contributed by atoms with E-state index in [4.69, 9.17) is 5.11 Å². The Morgan fingerprint density at radius 3 is 2.61 bits per heavy atom. The Morgan fingerprint density at radius 2 is 2.11 bits per heavy atom. The van der Waals surface area contributed by atoms with Gasteiger partial charge in [-0.3, -0.25) is 10.1 Å². The maximum Gasteiger partial charge on any atom is 0.416 e. The molecular formula is C10H11F3N2O3. The molecule has 1 unspecified atom stereocenters. The Balaban J connectivity index is 2.78. The van der Waals surface area contributed by atoms with Gasteiger partial charge in [-0.2, -0.15) is 13.2 Å². The predicted octanol–water partition coefficient (Wildman–Crippen LogP) is 2.24. The molecule has 0 aliphatic rings. The average molecular weight is 264 g/mol. The minimum absolute atomic E-state index is 0.188. The predicted molar refractivity (Wildman–Crippen MR) is 58.4 cm³/mol. The summed E-state index contributed by atoms with van der Waals surface area (Å²) in [6.07, 6.45) is -7.24. The molecule has 0 fully saturated rings. The fourth-order valence-electron chi connectivity index (χ4n) is 1.24. The molecule has 1 aromatic rings. The first-order valence-corrected chi connectivity index (χ1v) is 4.95. The number of aliphatic hydroxyl groups is 1. The summed E-state index contributed by atoms with van der Waals surface area (Å²) in [5.74, 6) is 0. The van der Waals surface area contributed by atoms with E-state index in [0.29, 0.717) is 5.56 Å². The molecule has 1 aromatic carbocycles. The standard InChI is InChI=1S/C10H11F3N2O3/c1-6-2-3-7(15(17)18)4-8(6)14-5-9(16)10(11,12)13/h2-4,9,14,16H,5H2,1H3. The second kappa shape index (κ2) is 5.21. The molecule has 0 aromatic heterocycles. The average Bonchev–Trinajstić information content (AvgIpc) is 2.25. The van der Waals surface area contributed by atoms with Crippen molar-refractivity contribution in [2.45, 2.75) is 19.2 Å². The molecule has 0 bridgehead atoms. The normalized spacial score (nSPS) is 13.2. The topological polar surface area (TPSA) is 75.4 Å². The Kier molecular flexibility index (Phi) is 4.12. The van der Waals surface area contributed by atoms with Crippen LogP contribution in [-0.4, -0.2) is 28.9 Å². The molecule has 0 saturated heterocycles. The third-order valence-electron chi connectivity index (χ3n) is 2.30. The summed E-state index contributed by atoms with van der Waals surface area (Å²) in [6.45, 7) is 0.831. The zero-order valence-electron chi connectivity index (χ0n) is 9.36. The van der Waals surface area contributed by atoms with Crippen LogP contribution in [0.1, 0.15) is 5.56 Å². The van der Waals surface area contributed by atoms with Gasteiger partial charge in [-0.1, -0.05) is 6.07 Å². The highest BCUT2D eigenvalue weighted by Gasteiger charge is 2.37. The van der Waals surface area contributed by atoms with Gasteiger partial charge in [0.05, 0.1) is 4.92 Å². The van der Waals surface area contributed by atoms with Gasteiger partial charge in [0, 0.05) is 24.4 Å². The van der Waals surface area contributed by atoms with Crippen molar-refractivity contribution in [2.24, 2.45) is 0 Å². The molecule has 0 radical (unpaired) electrons. The van der Waals surface area contributed by atoms with Crippen molar-refractivity contribution in [2.75, 3.05) is 11.9 Å². The summed E-state index contributed by atoms with van der Waals surface area (Å²) in [5, 5.41) is 21.6. The summed E-state index contributed by atoms with van der Waals surface area (Å²) >= 11 is 0. The highest BCUT2D eigenvalue weighted by molar-refractivity contribution is 5.56. The molecule has 0 amide bonds. The van der Waals surface area contributed by atoms with Crippen LogP contribution >= 0.6 is 0 Å². The number of anilines is 1. The summed E-state index contributed by atoms with van der Waals surface area (Å²) in [6, 6.07) is 3.79. The number of hydrogen-bond acceptors (Lipinski definition) is 4. The number of halogens is 3. The lowest BCUT2D eigenvalue weighted by molar-refractivity contribution is -0.384. The highest BCUT2D eigenvalue weighted by Crippen LogP contribution is 2.24. The van der Waals surface area contributed by atoms with Gasteiger partial charge >= 0.3 is 6.18 Å². The second-order valence-electron chi connectivity index (χ2n) is 3.69. The van der Waals surface area contributed by atoms with Gasteiger partial charge in [0.2, 0.25) is 0 Å².